The Kier molecular flexibility index (Phi) is 5.44. The van der Waals surface area contributed by atoms with Crippen molar-refractivity contribution in [2.75, 3.05) is 11.9 Å². The van der Waals surface area contributed by atoms with Crippen molar-refractivity contribution in [1.82, 2.24) is 10.2 Å². The highest BCUT2D eigenvalue weighted by Crippen LogP contribution is 2.39. The topological polar surface area (TPSA) is 98.7 Å². The van der Waals surface area contributed by atoms with Crippen molar-refractivity contribution in [3.05, 3.63) is 29.8 Å². The van der Waals surface area contributed by atoms with Crippen molar-refractivity contribution < 1.29 is 19.5 Å². The Morgan fingerprint density at radius 3 is 2.73 bits per heavy atom. The van der Waals surface area contributed by atoms with E-state index in [1.54, 1.807) is 6.07 Å². The van der Waals surface area contributed by atoms with Crippen molar-refractivity contribution >= 4 is 23.6 Å². The number of rotatable bonds is 4. The van der Waals surface area contributed by atoms with Gasteiger partial charge in [-0.2, -0.15) is 0 Å². The van der Waals surface area contributed by atoms with Crippen LogP contribution in [0.4, 0.5) is 10.5 Å². The lowest BCUT2D eigenvalue weighted by Crippen LogP contribution is -2.50. The Bertz CT molecular complexity index is 706. The Morgan fingerprint density at radius 1 is 1.23 bits per heavy atom. The van der Waals surface area contributed by atoms with Crippen LogP contribution in [0.2, 0.25) is 0 Å². The second-order valence-corrected chi connectivity index (χ2v) is 7.18. The monoisotopic (exact) mass is 359 g/mol. The number of likely N-dealkylation sites (tertiary alicyclic amines) is 1. The Hall–Kier alpha value is -2.57. The number of aryl methyl sites for hydroxylation is 1. The molecule has 7 heteroatoms. The second kappa shape index (κ2) is 7.76. The highest BCUT2D eigenvalue weighted by molar-refractivity contribution is 5.93. The molecule has 3 amide bonds. The number of benzene rings is 1. The molecule has 3 atom stereocenters. The summed E-state index contributed by atoms with van der Waals surface area (Å²) in [6.07, 6.45) is 4.43. The van der Waals surface area contributed by atoms with Crippen LogP contribution in [-0.4, -0.2) is 46.5 Å². The number of aliphatic carboxylic acids is 1. The van der Waals surface area contributed by atoms with E-state index < -0.39 is 18.0 Å². The number of nitrogens with zero attached hydrogens (tertiary/aromatic N) is 1. The lowest BCUT2D eigenvalue weighted by atomic mass is 9.85. The van der Waals surface area contributed by atoms with Gasteiger partial charge in [-0.25, -0.2) is 9.59 Å². The molecule has 0 aromatic heterocycles. The van der Waals surface area contributed by atoms with Crippen LogP contribution in [0, 0.1) is 12.8 Å². The molecule has 2 fully saturated rings. The van der Waals surface area contributed by atoms with Crippen molar-refractivity contribution in [3.8, 4) is 0 Å². The predicted molar refractivity (Wildman–Crippen MR) is 96.8 cm³/mol. The molecule has 7 nitrogen and oxygen atoms in total. The van der Waals surface area contributed by atoms with Crippen LogP contribution in [0.25, 0.3) is 0 Å². The van der Waals surface area contributed by atoms with Gasteiger partial charge in [-0.05, 0) is 49.8 Å². The molecule has 1 aromatic carbocycles. The lowest BCUT2D eigenvalue weighted by molar-refractivity contribution is -0.149. The summed E-state index contributed by atoms with van der Waals surface area (Å²) in [5, 5.41) is 14.7. The molecular formula is C19H25N3O4. The zero-order valence-electron chi connectivity index (χ0n) is 14.9. The van der Waals surface area contributed by atoms with Crippen molar-refractivity contribution in [3.63, 3.8) is 0 Å². The zero-order valence-corrected chi connectivity index (χ0v) is 14.9. The van der Waals surface area contributed by atoms with Gasteiger partial charge in [-0.3, -0.25) is 4.79 Å². The largest absolute Gasteiger partial charge is 0.480 e. The van der Waals surface area contributed by atoms with E-state index in [0.29, 0.717) is 12.1 Å². The molecule has 3 unspecified atom stereocenters. The molecule has 0 radical (unpaired) electrons. The molecule has 1 saturated heterocycles. The summed E-state index contributed by atoms with van der Waals surface area (Å²) in [7, 11) is 0. The van der Waals surface area contributed by atoms with Crippen LogP contribution in [-0.2, 0) is 9.59 Å². The van der Waals surface area contributed by atoms with Crippen LogP contribution in [0.3, 0.4) is 0 Å². The van der Waals surface area contributed by atoms with Gasteiger partial charge in [0.15, 0.2) is 0 Å². The molecule has 0 bridgehead atoms. The average Bonchev–Trinajstić information content (AvgIpc) is 2.99. The summed E-state index contributed by atoms with van der Waals surface area (Å²) in [6, 6.07) is 6.08. The van der Waals surface area contributed by atoms with Crippen LogP contribution < -0.4 is 10.6 Å². The quantitative estimate of drug-likeness (QED) is 0.768. The highest BCUT2D eigenvalue weighted by atomic mass is 16.4. The fourth-order valence-corrected chi connectivity index (χ4v) is 4.18. The van der Waals surface area contributed by atoms with Gasteiger partial charge in [-0.15, -0.1) is 0 Å². The normalized spacial score (nSPS) is 24.7. The van der Waals surface area contributed by atoms with E-state index >= 15 is 0 Å². The van der Waals surface area contributed by atoms with Gasteiger partial charge in [-0.1, -0.05) is 25.0 Å². The van der Waals surface area contributed by atoms with Gasteiger partial charge in [0.25, 0.3) is 0 Å². The molecule has 1 aliphatic heterocycles. The van der Waals surface area contributed by atoms with Crippen LogP contribution in [0.1, 0.15) is 37.7 Å². The Labute approximate surface area is 152 Å². The number of fused-ring (bicyclic) bond motifs is 1. The maximum absolute atomic E-state index is 12.6. The molecule has 0 spiro atoms. The van der Waals surface area contributed by atoms with Crippen molar-refractivity contribution in [1.29, 1.82) is 0 Å². The maximum atomic E-state index is 12.6. The van der Waals surface area contributed by atoms with E-state index in [1.807, 2.05) is 25.1 Å². The van der Waals surface area contributed by atoms with Crippen LogP contribution in [0.15, 0.2) is 24.3 Å². The molecule has 1 saturated carbocycles. The molecule has 1 aromatic rings. The molecule has 1 heterocycles. The van der Waals surface area contributed by atoms with Crippen LogP contribution >= 0.6 is 0 Å². The molecule has 2 aliphatic rings. The molecule has 3 rings (SSSR count). The first-order valence-corrected chi connectivity index (χ1v) is 9.11. The van der Waals surface area contributed by atoms with Gasteiger partial charge >= 0.3 is 12.0 Å². The number of carbonyl (C=O) groups excluding carboxylic acids is 2. The van der Waals surface area contributed by atoms with Crippen molar-refractivity contribution in [2.45, 2.75) is 51.1 Å². The first-order chi connectivity index (χ1) is 12.5. The van der Waals surface area contributed by atoms with Gasteiger partial charge < -0.3 is 20.6 Å². The zero-order chi connectivity index (χ0) is 18.7. The summed E-state index contributed by atoms with van der Waals surface area (Å²) in [6.45, 7) is 1.72. The second-order valence-electron chi connectivity index (χ2n) is 7.18. The molecule has 1 aliphatic carbocycles. The lowest BCUT2D eigenvalue weighted by Gasteiger charge is -2.33. The van der Waals surface area contributed by atoms with E-state index in [9.17, 15) is 19.5 Å². The van der Waals surface area contributed by atoms with Gasteiger partial charge in [0, 0.05) is 11.7 Å². The third-order valence-corrected chi connectivity index (χ3v) is 5.34. The number of urea groups is 1. The molecule has 140 valence electrons. The van der Waals surface area contributed by atoms with E-state index in [4.69, 9.17) is 0 Å². The minimum atomic E-state index is -0.961. The number of carboxylic acids is 1. The summed E-state index contributed by atoms with van der Waals surface area (Å²) >= 11 is 0. The van der Waals surface area contributed by atoms with Gasteiger partial charge in [0.05, 0.1) is 6.54 Å². The number of carboxylic acid groups (broad SMARTS) is 1. The maximum Gasteiger partial charge on any atom is 0.326 e. The van der Waals surface area contributed by atoms with Crippen molar-refractivity contribution in [2.24, 2.45) is 5.92 Å². The fourth-order valence-electron chi connectivity index (χ4n) is 4.18. The third-order valence-electron chi connectivity index (χ3n) is 5.34. The number of amides is 3. The van der Waals surface area contributed by atoms with E-state index in [1.165, 1.54) is 4.90 Å². The van der Waals surface area contributed by atoms with E-state index in [2.05, 4.69) is 10.6 Å². The highest BCUT2D eigenvalue weighted by Gasteiger charge is 2.47. The summed E-state index contributed by atoms with van der Waals surface area (Å²) in [5.74, 6) is -1.03. The van der Waals surface area contributed by atoms with E-state index in [-0.39, 0.29) is 24.4 Å². The average molecular weight is 359 g/mol. The number of anilines is 1. The van der Waals surface area contributed by atoms with Crippen LogP contribution in [0.5, 0.6) is 0 Å². The fraction of sp³-hybridized carbons (Fsp3) is 0.526. The minimum absolute atomic E-state index is 0.0148. The van der Waals surface area contributed by atoms with Gasteiger partial charge in [0.1, 0.15) is 6.04 Å². The summed E-state index contributed by atoms with van der Waals surface area (Å²) in [4.78, 5) is 37.8. The van der Waals surface area contributed by atoms with E-state index in [0.717, 1.165) is 31.2 Å². The Morgan fingerprint density at radius 2 is 2.00 bits per heavy atom. The first kappa shape index (κ1) is 18.2. The predicted octanol–water partition coefficient (Wildman–Crippen LogP) is 2.36. The number of carbonyl (C=O) groups is 3. The first-order valence-electron chi connectivity index (χ1n) is 9.11. The third kappa shape index (κ3) is 3.98. The number of hydrogen-bond acceptors (Lipinski definition) is 3. The number of hydrogen-bond donors (Lipinski definition) is 3. The minimum Gasteiger partial charge on any atom is -0.480 e. The SMILES string of the molecule is Cc1cccc(NC(=O)NCC(=O)N2C(C(=O)O)CC3CCCCC32)c1. The standard InChI is InChI=1S/C19H25N3O4/c1-12-5-4-7-14(9-12)21-19(26)20-11-17(23)22-15-8-3-2-6-13(15)10-16(22)18(24)25/h4-5,7,9,13,15-16H,2-3,6,8,10-11H2,1H3,(H,24,25)(H2,20,21,26). The smallest absolute Gasteiger partial charge is 0.326 e. The molecule has 3 N–H and O–H groups in total. The number of nitrogens with one attached hydrogen (secondary N) is 2. The van der Waals surface area contributed by atoms with Gasteiger partial charge in [0.2, 0.25) is 5.91 Å². The summed E-state index contributed by atoms with van der Waals surface area (Å²) < 4.78 is 0. The molecule has 26 heavy (non-hydrogen) atoms. The Balaban J connectivity index is 1.59. The molecular weight excluding hydrogens is 334 g/mol. The summed E-state index contributed by atoms with van der Waals surface area (Å²) in [5.41, 5.74) is 1.66.